The van der Waals surface area contributed by atoms with Crippen LogP contribution < -0.4 is 16.0 Å². The molecule has 0 saturated heterocycles. The third kappa shape index (κ3) is 10.9. The van der Waals surface area contributed by atoms with Crippen molar-refractivity contribution >= 4 is 29.5 Å². The van der Waals surface area contributed by atoms with E-state index in [0.29, 0.717) is 24.9 Å². The van der Waals surface area contributed by atoms with Gasteiger partial charge in [0, 0.05) is 23.5 Å². The van der Waals surface area contributed by atoms with Gasteiger partial charge in [-0.15, -0.1) is 11.6 Å². The van der Waals surface area contributed by atoms with E-state index in [4.69, 9.17) is 16.3 Å². The minimum Gasteiger partial charge on any atom is -0.444 e. The van der Waals surface area contributed by atoms with Crippen molar-refractivity contribution in [3.8, 4) is 11.1 Å². The first kappa shape index (κ1) is 32.1. The highest BCUT2D eigenvalue weighted by molar-refractivity contribution is 6.20. The zero-order valence-corrected chi connectivity index (χ0v) is 24.5. The fraction of sp³-hybridized carbons (Fsp3) is 0.500. The van der Waals surface area contributed by atoms with E-state index < -0.39 is 17.7 Å². The van der Waals surface area contributed by atoms with Gasteiger partial charge < -0.3 is 25.8 Å². The van der Waals surface area contributed by atoms with Crippen LogP contribution in [0.25, 0.3) is 11.1 Å². The largest absolute Gasteiger partial charge is 0.444 e. The van der Waals surface area contributed by atoms with Crippen molar-refractivity contribution in [1.82, 2.24) is 16.0 Å². The molecule has 0 aliphatic carbocycles. The number of aliphatic hydroxyl groups is 1. The highest BCUT2D eigenvalue weighted by atomic mass is 35.5. The van der Waals surface area contributed by atoms with E-state index in [1.54, 1.807) is 39.0 Å². The summed E-state index contributed by atoms with van der Waals surface area (Å²) in [6.07, 6.45) is 0.229. The first-order valence-corrected chi connectivity index (χ1v) is 13.8. The molecule has 0 fully saturated rings. The Balaban J connectivity index is 2.12. The molecule has 0 heterocycles. The number of benzene rings is 2. The highest BCUT2D eigenvalue weighted by Gasteiger charge is 2.26. The van der Waals surface area contributed by atoms with Gasteiger partial charge in [0.1, 0.15) is 11.6 Å². The summed E-state index contributed by atoms with van der Waals surface area (Å²) >= 11 is 6.23. The zero-order valence-electron chi connectivity index (χ0n) is 23.7. The van der Waals surface area contributed by atoms with Crippen LogP contribution in [0, 0.1) is 5.92 Å². The molecule has 0 aliphatic rings. The van der Waals surface area contributed by atoms with Crippen molar-refractivity contribution in [2.24, 2.45) is 5.92 Å². The van der Waals surface area contributed by atoms with Crippen LogP contribution in [0.3, 0.4) is 0 Å². The molecule has 2 aromatic rings. The molecule has 4 atom stereocenters. The van der Waals surface area contributed by atoms with Gasteiger partial charge >= 0.3 is 6.09 Å². The average molecular weight is 560 g/mol. The number of rotatable bonds is 12. The number of carbonyl (C=O) groups excluding carboxylic acids is 3. The number of nitrogens with one attached hydrogen (secondary N) is 3. The summed E-state index contributed by atoms with van der Waals surface area (Å²) < 4.78 is 5.25. The smallest absolute Gasteiger partial charge is 0.407 e. The number of ether oxygens (including phenoxy) is 1. The molecule has 3 amide bonds. The van der Waals surface area contributed by atoms with Crippen molar-refractivity contribution < 1.29 is 24.2 Å². The van der Waals surface area contributed by atoms with Gasteiger partial charge in [-0.25, -0.2) is 4.79 Å². The van der Waals surface area contributed by atoms with E-state index in [2.05, 4.69) is 16.0 Å². The molecular weight excluding hydrogens is 518 g/mol. The van der Waals surface area contributed by atoms with Gasteiger partial charge in [-0.1, -0.05) is 43.3 Å². The van der Waals surface area contributed by atoms with Crippen molar-refractivity contribution in [3.05, 3.63) is 59.7 Å². The van der Waals surface area contributed by atoms with E-state index in [0.717, 1.165) is 16.7 Å². The van der Waals surface area contributed by atoms with Gasteiger partial charge in [0.15, 0.2) is 0 Å². The van der Waals surface area contributed by atoms with Gasteiger partial charge in [0.05, 0.1) is 6.61 Å². The monoisotopic (exact) mass is 559 g/mol. The molecule has 2 aromatic carbocycles. The summed E-state index contributed by atoms with van der Waals surface area (Å²) in [6.45, 7) is 11.3. The zero-order chi connectivity index (χ0) is 29.2. The second-order valence-corrected chi connectivity index (χ2v) is 11.6. The Kier molecular flexibility index (Phi) is 12.3. The lowest BCUT2D eigenvalue weighted by Gasteiger charge is -2.26. The lowest BCUT2D eigenvalue weighted by molar-refractivity contribution is -0.124. The maximum Gasteiger partial charge on any atom is 0.407 e. The van der Waals surface area contributed by atoms with Crippen molar-refractivity contribution in [2.75, 3.05) is 6.54 Å². The first-order valence-electron chi connectivity index (χ1n) is 13.3. The molecule has 2 rings (SSSR count). The molecule has 0 aliphatic heterocycles. The lowest BCUT2D eigenvalue weighted by atomic mass is 9.99. The lowest BCUT2D eigenvalue weighted by Crippen LogP contribution is -2.51. The van der Waals surface area contributed by atoms with Crippen LogP contribution in [-0.4, -0.2) is 52.6 Å². The number of amides is 3. The Labute approximate surface area is 236 Å². The summed E-state index contributed by atoms with van der Waals surface area (Å²) in [5.74, 6) is -0.668. The average Bonchev–Trinajstić information content (AvgIpc) is 2.88. The Hall–Kier alpha value is -3.10. The Morgan fingerprint density at radius 1 is 0.974 bits per heavy atom. The Morgan fingerprint density at radius 3 is 2.23 bits per heavy atom. The van der Waals surface area contributed by atoms with Crippen LogP contribution in [0.15, 0.2) is 48.5 Å². The fourth-order valence-corrected chi connectivity index (χ4v) is 4.04. The van der Waals surface area contributed by atoms with Gasteiger partial charge in [-0.3, -0.25) is 9.59 Å². The highest BCUT2D eigenvalue weighted by Crippen LogP contribution is 2.21. The van der Waals surface area contributed by atoms with E-state index in [1.807, 2.05) is 51.1 Å². The van der Waals surface area contributed by atoms with Crippen molar-refractivity contribution in [3.63, 3.8) is 0 Å². The summed E-state index contributed by atoms with van der Waals surface area (Å²) in [6, 6.07) is 13.6. The SMILES string of the molecule is CC(Cl)[C@H](C)C(C)NC(=O)[C@H](CCCNC(=O)OC(C)(C)C)NC(=O)c1cccc(-c2ccc(CO)cc2)c1. The quantitative estimate of drug-likeness (QED) is 0.215. The minimum absolute atomic E-state index is 0.0229. The molecule has 4 N–H and O–H groups in total. The van der Waals surface area contributed by atoms with Crippen LogP contribution >= 0.6 is 11.6 Å². The summed E-state index contributed by atoms with van der Waals surface area (Å²) in [5.41, 5.74) is 2.35. The predicted octanol–water partition coefficient (Wildman–Crippen LogP) is 5.02. The third-order valence-corrected chi connectivity index (χ3v) is 6.83. The molecule has 0 radical (unpaired) electrons. The van der Waals surface area contributed by atoms with E-state index in [9.17, 15) is 19.5 Å². The molecular formula is C30H42ClN3O5. The molecule has 0 spiro atoms. The van der Waals surface area contributed by atoms with Crippen LogP contribution in [-0.2, 0) is 16.1 Å². The van der Waals surface area contributed by atoms with Gasteiger partial charge in [0.25, 0.3) is 5.91 Å². The summed E-state index contributed by atoms with van der Waals surface area (Å²) in [4.78, 5) is 38.4. The predicted molar refractivity (Wildman–Crippen MR) is 155 cm³/mol. The van der Waals surface area contributed by atoms with Crippen LogP contribution in [0.2, 0.25) is 0 Å². The van der Waals surface area contributed by atoms with Gasteiger partial charge in [-0.2, -0.15) is 0 Å². The Bertz CT molecular complexity index is 1100. The third-order valence-electron chi connectivity index (χ3n) is 6.44. The molecule has 0 bridgehead atoms. The van der Waals surface area contributed by atoms with E-state index >= 15 is 0 Å². The first-order chi connectivity index (χ1) is 18.3. The maximum absolute atomic E-state index is 13.2. The molecule has 8 nitrogen and oxygen atoms in total. The van der Waals surface area contributed by atoms with Crippen molar-refractivity contribution in [1.29, 1.82) is 0 Å². The fourth-order valence-electron chi connectivity index (χ4n) is 3.82. The number of alkyl carbamates (subject to hydrolysis) is 1. The van der Waals surface area contributed by atoms with Crippen LogP contribution in [0.5, 0.6) is 0 Å². The second-order valence-electron chi connectivity index (χ2n) is 10.9. The number of alkyl halides is 1. The number of hydrogen-bond acceptors (Lipinski definition) is 5. The molecule has 0 aromatic heterocycles. The van der Waals surface area contributed by atoms with Crippen LogP contribution in [0.4, 0.5) is 4.79 Å². The van der Waals surface area contributed by atoms with Gasteiger partial charge in [0.2, 0.25) is 5.91 Å². The number of aliphatic hydroxyl groups excluding tert-OH is 1. The normalized spacial score (nSPS) is 14.5. The Morgan fingerprint density at radius 2 is 1.64 bits per heavy atom. The standard InChI is InChI=1S/C30H42ClN3O5/c1-19(20(2)31)21(3)33-28(37)26(11-8-16-32-29(38)39-30(4,5)6)34-27(36)25-10-7-9-24(17-25)23-14-12-22(18-35)13-15-23/h7,9-10,12-15,17,19-21,26,35H,8,11,16,18H2,1-6H3,(H,32,38)(H,33,37)(H,34,36)/t19-,20?,21?,26-/m0/s1. The summed E-state index contributed by atoms with van der Waals surface area (Å²) in [5, 5.41) is 17.7. The number of hydrogen-bond donors (Lipinski definition) is 4. The maximum atomic E-state index is 13.2. The number of carbonyl (C=O) groups is 3. The summed E-state index contributed by atoms with van der Waals surface area (Å²) in [7, 11) is 0. The molecule has 39 heavy (non-hydrogen) atoms. The molecule has 214 valence electrons. The molecule has 2 unspecified atom stereocenters. The van der Waals surface area contributed by atoms with Crippen LogP contribution in [0.1, 0.15) is 70.3 Å². The van der Waals surface area contributed by atoms with Crippen molar-refractivity contribution in [2.45, 2.75) is 84.1 Å². The minimum atomic E-state index is -0.814. The van der Waals surface area contributed by atoms with Gasteiger partial charge in [-0.05, 0) is 82.2 Å². The molecule has 0 saturated carbocycles. The molecule has 9 heteroatoms. The second kappa shape index (κ2) is 14.9. The number of halogens is 1. The van der Waals surface area contributed by atoms with E-state index in [1.165, 1.54) is 0 Å². The van der Waals surface area contributed by atoms with E-state index in [-0.39, 0.29) is 35.8 Å². The topological polar surface area (TPSA) is 117 Å².